The lowest BCUT2D eigenvalue weighted by atomic mass is 10.1. The summed E-state index contributed by atoms with van der Waals surface area (Å²) in [7, 11) is 4.05. The second-order valence-corrected chi connectivity index (χ2v) is 5.20. The third kappa shape index (κ3) is 3.68. The van der Waals surface area contributed by atoms with Crippen LogP contribution in [0.3, 0.4) is 0 Å². The van der Waals surface area contributed by atoms with Crippen LogP contribution in [-0.2, 0) is 6.54 Å². The summed E-state index contributed by atoms with van der Waals surface area (Å²) in [4.78, 5) is 14.3. The zero-order valence-electron chi connectivity index (χ0n) is 12.2. The Labute approximate surface area is 120 Å². The maximum Gasteiger partial charge on any atom is 0.255 e. The fraction of sp³-hybridized carbons (Fsp3) is 0.235. The Morgan fingerprint density at radius 1 is 1.05 bits per heavy atom. The second kappa shape index (κ2) is 6.35. The minimum atomic E-state index is -0.0734. The van der Waals surface area contributed by atoms with E-state index in [9.17, 15) is 4.79 Å². The normalized spacial score (nSPS) is 10.6. The number of nitrogens with zero attached hydrogens (tertiary/aromatic N) is 1. The highest BCUT2D eigenvalue weighted by atomic mass is 16.1. The number of carbonyl (C=O) groups excluding carboxylic acids is 1. The molecule has 0 radical (unpaired) electrons. The van der Waals surface area contributed by atoms with Crippen LogP contribution in [-0.4, -0.2) is 24.9 Å². The first kappa shape index (κ1) is 14.3. The molecule has 0 aliphatic rings. The van der Waals surface area contributed by atoms with Crippen molar-refractivity contribution in [3.8, 4) is 0 Å². The van der Waals surface area contributed by atoms with Gasteiger partial charge in [0.25, 0.3) is 5.91 Å². The lowest BCUT2D eigenvalue weighted by Gasteiger charge is -2.11. The van der Waals surface area contributed by atoms with Crippen molar-refractivity contribution in [2.45, 2.75) is 13.5 Å². The van der Waals surface area contributed by atoms with Crippen LogP contribution in [0.4, 0.5) is 5.69 Å². The Balaban J connectivity index is 2.08. The SMILES string of the molecule is Cc1ccccc1NC(=O)c1ccc(CN(C)C)cc1. The van der Waals surface area contributed by atoms with E-state index in [0.717, 1.165) is 17.8 Å². The highest BCUT2D eigenvalue weighted by molar-refractivity contribution is 6.04. The molecule has 0 unspecified atom stereocenters. The summed E-state index contributed by atoms with van der Waals surface area (Å²) >= 11 is 0. The first-order valence-electron chi connectivity index (χ1n) is 6.67. The molecule has 104 valence electrons. The summed E-state index contributed by atoms with van der Waals surface area (Å²) in [6.07, 6.45) is 0. The molecule has 1 N–H and O–H groups in total. The monoisotopic (exact) mass is 268 g/mol. The molecule has 0 atom stereocenters. The van der Waals surface area contributed by atoms with Crippen LogP contribution in [0.2, 0.25) is 0 Å². The molecule has 3 heteroatoms. The highest BCUT2D eigenvalue weighted by Gasteiger charge is 2.07. The summed E-state index contributed by atoms with van der Waals surface area (Å²) in [5.41, 5.74) is 3.79. The van der Waals surface area contributed by atoms with Gasteiger partial charge in [-0.15, -0.1) is 0 Å². The van der Waals surface area contributed by atoms with E-state index in [0.29, 0.717) is 5.56 Å². The van der Waals surface area contributed by atoms with E-state index in [1.54, 1.807) is 0 Å². The molecule has 3 nitrogen and oxygen atoms in total. The number of anilines is 1. The van der Waals surface area contributed by atoms with Gasteiger partial charge in [-0.25, -0.2) is 0 Å². The van der Waals surface area contributed by atoms with Gasteiger partial charge in [-0.1, -0.05) is 30.3 Å². The van der Waals surface area contributed by atoms with Crippen molar-refractivity contribution < 1.29 is 4.79 Å². The molecule has 0 fully saturated rings. The Bertz CT molecular complexity index is 588. The molecule has 0 saturated heterocycles. The van der Waals surface area contributed by atoms with Crippen LogP contribution in [0.5, 0.6) is 0 Å². The Kier molecular flexibility index (Phi) is 4.53. The average molecular weight is 268 g/mol. The largest absolute Gasteiger partial charge is 0.322 e. The fourth-order valence-electron chi connectivity index (χ4n) is 2.03. The summed E-state index contributed by atoms with van der Waals surface area (Å²) in [6.45, 7) is 2.86. The highest BCUT2D eigenvalue weighted by Crippen LogP contribution is 2.15. The van der Waals surface area contributed by atoms with Crippen molar-refractivity contribution in [2.24, 2.45) is 0 Å². The third-order valence-corrected chi connectivity index (χ3v) is 3.11. The van der Waals surface area contributed by atoms with Gasteiger partial charge in [0.1, 0.15) is 0 Å². The molecule has 2 rings (SSSR count). The van der Waals surface area contributed by atoms with E-state index >= 15 is 0 Å². The maximum absolute atomic E-state index is 12.2. The van der Waals surface area contributed by atoms with Crippen molar-refractivity contribution in [2.75, 3.05) is 19.4 Å². The van der Waals surface area contributed by atoms with E-state index < -0.39 is 0 Å². The van der Waals surface area contributed by atoms with Gasteiger partial charge in [0.05, 0.1) is 0 Å². The minimum Gasteiger partial charge on any atom is -0.322 e. The Morgan fingerprint density at radius 2 is 1.70 bits per heavy atom. The molecular formula is C17H20N2O. The summed E-state index contributed by atoms with van der Waals surface area (Å²) in [6, 6.07) is 15.5. The Morgan fingerprint density at radius 3 is 2.30 bits per heavy atom. The van der Waals surface area contributed by atoms with E-state index in [2.05, 4.69) is 10.2 Å². The molecule has 0 bridgehead atoms. The number of benzene rings is 2. The molecule has 20 heavy (non-hydrogen) atoms. The van der Waals surface area contributed by atoms with Crippen LogP contribution in [0.25, 0.3) is 0 Å². The van der Waals surface area contributed by atoms with E-state index in [1.165, 1.54) is 5.56 Å². The van der Waals surface area contributed by atoms with Gasteiger partial charge >= 0.3 is 0 Å². The number of rotatable bonds is 4. The van der Waals surface area contributed by atoms with Gasteiger partial charge in [-0.3, -0.25) is 4.79 Å². The second-order valence-electron chi connectivity index (χ2n) is 5.20. The number of hydrogen-bond acceptors (Lipinski definition) is 2. The van der Waals surface area contributed by atoms with E-state index in [4.69, 9.17) is 0 Å². The first-order chi connectivity index (χ1) is 9.56. The summed E-state index contributed by atoms with van der Waals surface area (Å²) < 4.78 is 0. The number of nitrogens with one attached hydrogen (secondary N) is 1. The topological polar surface area (TPSA) is 32.3 Å². The van der Waals surface area contributed by atoms with Crippen molar-refractivity contribution in [1.82, 2.24) is 4.90 Å². The zero-order valence-corrected chi connectivity index (χ0v) is 12.2. The predicted octanol–water partition coefficient (Wildman–Crippen LogP) is 3.31. The van der Waals surface area contributed by atoms with Crippen molar-refractivity contribution in [3.05, 3.63) is 65.2 Å². The lowest BCUT2D eigenvalue weighted by molar-refractivity contribution is 0.102. The van der Waals surface area contributed by atoms with E-state index in [1.807, 2.05) is 69.6 Å². The van der Waals surface area contributed by atoms with Gasteiger partial charge in [-0.05, 0) is 50.3 Å². The first-order valence-corrected chi connectivity index (χ1v) is 6.67. The van der Waals surface area contributed by atoms with Crippen LogP contribution >= 0.6 is 0 Å². The zero-order chi connectivity index (χ0) is 14.5. The molecule has 0 heterocycles. The number of amides is 1. The summed E-state index contributed by atoms with van der Waals surface area (Å²) in [5, 5.41) is 2.94. The average Bonchev–Trinajstić information content (AvgIpc) is 2.41. The van der Waals surface area contributed by atoms with Crippen molar-refractivity contribution in [3.63, 3.8) is 0 Å². The van der Waals surface area contributed by atoms with Crippen LogP contribution in [0.15, 0.2) is 48.5 Å². The third-order valence-electron chi connectivity index (χ3n) is 3.11. The quantitative estimate of drug-likeness (QED) is 0.922. The standard InChI is InChI=1S/C17H20N2O/c1-13-6-4-5-7-16(13)18-17(20)15-10-8-14(9-11-15)12-19(2)3/h4-11H,12H2,1-3H3,(H,18,20). The van der Waals surface area contributed by atoms with Crippen molar-refractivity contribution >= 4 is 11.6 Å². The number of hydrogen-bond donors (Lipinski definition) is 1. The molecule has 0 saturated carbocycles. The van der Waals surface area contributed by atoms with Gasteiger partial charge in [-0.2, -0.15) is 0 Å². The molecule has 0 aromatic heterocycles. The van der Waals surface area contributed by atoms with Gasteiger partial charge in [0.2, 0.25) is 0 Å². The summed E-state index contributed by atoms with van der Waals surface area (Å²) in [5.74, 6) is -0.0734. The van der Waals surface area contributed by atoms with Gasteiger partial charge in [0, 0.05) is 17.8 Å². The van der Waals surface area contributed by atoms with Gasteiger partial charge in [0.15, 0.2) is 0 Å². The fourth-order valence-corrected chi connectivity index (χ4v) is 2.03. The van der Waals surface area contributed by atoms with E-state index in [-0.39, 0.29) is 5.91 Å². The molecule has 0 spiro atoms. The van der Waals surface area contributed by atoms with Gasteiger partial charge < -0.3 is 10.2 Å². The van der Waals surface area contributed by atoms with Crippen LogP contribution in [0.1, 0.15) is 21.5 Å². The smallest absolute Gasteiger partial charge is 0.255 e. The van der Waals surface area contributed by atoms with Crippen LogP contribution < -0.4 is 5.32 Å². The molecule has 2 aromatic carbocycles. The minimum absolute atomic E-state index is 0.0734. The molecule has 1 amide bonds. The predicted molar refractivity (Wildman–Crippen MR) is 83.0 cm³/mol. The Hall–Kier alpha value is -2.13. The molecule has 2 aromatic rings. The van der Waals surface area contributed by atoms with Crippen molar-refractivity contribution in [1.29, 1.82) is 0 Å². The number of aryl methyl sites for hydroxylation is 1. The number of carbonyl (C=O) groups is 1. The van der Waals surface area contributed by atoms with Crippen LogP contribution in [0, 0.1) is 6.92 Å². The molecular weight excluding hydrogens is 248 g/mol. The molecule has 0 aliphatic heterocycles. The number of para-hydroxylation sites is 1. The maximum atomic E-state index is 12.2. The molecule has 0 aliphatic carbocycles. The lowest BCUT2D eigenvalue weighted by Crippen LogP contribution is -2.13.